The van der Waals surface area contributed by atoms with Gasteiger partial charge in [0.05, 0.1) is 16.7 Å². The van der Waals surface area contributed by atoms with Crippen molar-refractivity contribution in [3.63, 3.8) is 0 Å². The number of carbonyl (C=O) groups excluding carboxylic acids is 1. The Kier molecular flexibility index (Phi) is 6.12. The third kappa shape index (κ3) is 5.81. The Morgan fingerprint density at radius 3 is 2.52 bits per heavy atom. The monoisotopic (exact) mass is 371 g/mol. The molecule has 0 saturated carbocycles. The summed E-state index contributed by atoms with van der Waals surface area (Å²) in [5.41, 5.74) is 3.23. The third-order valence-corrected chi connectivity index (χ3v) is 3.69. The Labute approximate surface area is 156 Å². The van der Waals surface area contributed by atoms with Gasteiger partial charge in [-0.15, -0.1) is 0 Å². The molecular weight excluding hydrogens is 350 g/mol. The highest BCUT2D eigenvalue weighted by atomic mass is 16.6. The van der Waals surface area contributed by atoms with E-state index in [2.05, 4.69) is 31.3 Å². The summed E-state index contributed by atoms with van der Waals surface area (Å²) >= 11 is 0. The van der Waals surface area contributed by atoms with Crippen molar-refractivity contribution in [1.82, 2.24) is 5.43 Å². The summed E-state index contributed by atoms with van der Waals surface area (Å²) in [6.07, 6.45) is 1.09. The van der Waals surface area contributed by atoms with Crippen molar-refractivity contribution in [3.05, 3.63) is 63.7 Å². The number of nitrogens with one attached hydrogen (secondary N) is 1. The fraction of sp³-hybridized carbons (Fsp3) is 0.263. The number of amides is 1. The third-order valence-electron chi connectivity index (χ3n) is 3.69. The topological polar surface area (TPSA) is 114 Å². The minimum absolute atomic E-state index is 0.0269. The van der Waals surface area contributed by atoms with Gasteiger partial charge in [0.15, 0.2) is 6.61 Å². The zero-order valence-electron chi connectivity index (χ0n) is 15.3. The van der Waals surface area contributed by atoms with Crippen LogP contribution < -0.4 is 10.2 Å². The number of benzene rings is 2. The first-order chi connectivity index (χ1) is 12.7. The van der Waals surface area contributed by atoms with Crippen molar-refractivity contribution < 1.29 is 19.6 Å². The minimum Gasteiger partial charge on any atom is -0.508 e. The number of rotatable bonds is 6. The van der Waals surface area contributed by atoms with Crippen molar-refractivity contribution in [1.29, 1.82) is 0 Å². The van der Waals surface area contributed by atoms with Crippen LogP contribution in [-0.2, 0) is 10.2 Å². The Balaban J connectivity index is 1.91. The van der Waals surface area contributed by atoms with E-state index in [0.29, 0.717) is 5.75 Å². The van der Waals surface area contributed by atoms with Gasteiger partial charge in [0.2, 0.25) is 0 Å². The van der Waals surface area contributed by atoms with E-state index >= 15 is 0 Å². The number of nitro groups is 1. The molecule has 2 aromatic rings. The lowest BCUT2D eigenvalue weighted by Crippen LogP contribution is -2.24. The number of hydrogen-bond donors (Lipinski definition) is 2. The summed E-state index contributed by atoms with van der Waals surface area (Å²) in [6, 6.07) is 11.0. The van der Waals surface area contributed by atoms with Gasteiger partial charge < -0.3 is 9.84 Å². The van der Waals surface area contributed by atoms with Crippen molar-refractivity contribution in [3.8, 4) is 11.5 Å². The van der Waals surface area contributed by atoms with Crippen LogP contribution in [-0.4, -0.2) is 28.8 Å². The molecule has 2 rings (SSSR count). The molecule has 27 heavy (non-hydrogen) atoms. The van der Waals surface area contributed by atoms with Gasteiger partial charge in [-0.05, 0) is 35.2 Å². The van der Waals surface area contributed by atoms with Gasteiger partial charge in [-0.3, -0.25) is 14.9 Å². The predicted molar refractivity (Wildman–Crippen MR) is 101 cm³/mol. The molecule has 0 aliphatic heterocycles. The van der Waals surface area contributed by atoms with E-state index in [1.165, 1.54) is 12.1 Å². The van der Waals surface area contributed by atoms with E-state index in [4.69, 9.17) is 4.74 Å². The first-order valence-corrected chi connectivity index (χ1v) is 8.19. The molecule has 0 aromatic heterocycles. The molecule has 0 heterocycles. The molecule has 142 valence electrons. The van der Waals surface area contributed by atoms with Gasteiger partial charge in [0, 0.05) is 6.07 Å². The number of hydrazone groups is 1. The maximum absolute atomic E-state index is 11.8. The first kappa shape index (κ1) is 19.9. The summed E-state index contributed by atoms with van der Waals surface area (Å²) in [5.74, 6) is -0.116. The van der Waals surface area contributed by atoms with Crippen LogP contribution in [0.4, 0.5) is 5.69 Å². The molecule has 0 unspecified atom stereocenters. The number of hydrogen-bond acceptors (Lipinski definition) is 6. The average Bonchev–Trinajstić information content (AvgIpc) is 2.59. The molecule has 0 bridgehead atoms. The molecule has 0 aliphatic rings. The van der Waals surface area contributed by atoms with E-state index in [1.807, 2.05) is 12.1 Å². The SMILES string of the molecule is CC(C)(C)c1ccc(OCC(=O)NN=Cc2cc(O)ccc2[N+](=O)[O-])cc1. The highest BCUT2D eigenvalue weighted by molar-refractivity contribution is 5.87. The molecule has 0 spiro atoms. The van der Waals surface area contributed by atoms with Crippen molar-refractivity contribution in [2.24, 2.45) is 5.10 Å². The fourth-order valence-electron chi connectivity index (χ4n) is 2.22. The fourth-order valence-corrected chi connectivity index (χ4v) is 2.22. The molecular formula is C19H21N3O5. The lowest BCUT2D eigenvalue weighted by molar-refractivity contribution is -0.385. The summed E-state index contributed by atoms with van der Waals surface area (Å²) in [6.45, 7) is 6.05. The second-order valence-corrected chi connectivity index (χ2v) is 6.86. The number of nitro benzene ring substituents is 1. The van der Waals surface area contributed by atoms with Crippen LogP contribution in [0, 0.1) is 10.1 Å². The molecule has 1 amide bonds. The largest absolute Gasteiger partial charge is 0.508 e. The minimum atomic E-state index is -0.604. The standard InChI is InChI=1S/C19H21N3O5/c1-19(2,3)14-4-7-16(8-5-14)27-12-18(24)21-20-11-13-10-15(23)6-9-17(13)22(25)26/h4-11,23H,12H2,1-3H3,(H,21,24). The average molecular weight is 371 g/mol. The molecule has 0 fully saturated rings. The number of ether oxygens (including phenoxy) is 1. The highest BCUT2D eigenvalue weighted by Crippen LogP contribution is 2.24. The molecule has 8 nitrogen and oxygen atoms in total. The molecule has 0 radical (unpaired) electrons. The van der Waals surface area contributed by atoms with E-state index < -0.39 is 10.8 Å². The van der Waals surface area contributed by atoms with Crippen molar-refractivity contribution >= 4 is 17.8 Å². The Bertz CT molecular complexity index is 855. The summed E-state index contributed by atoms with van der Waals surface area (Å²) in [7, 11) is 0. The summed E-state index contributed by atoms with van der Waals surface area (Å²) in [5, 5.41) is 24.0. The van der Waals surface area contributed by atoms with Crippen LogP contribution >= 0.6 is 0 Å². The van der Waals surface area contributed by atoms with Crippen LogP contribution in [0.2, 0.25) is 0 Å². The van der Waals surface area contributed by atoms with Gasteiger partial charge in [0.25, 0.3) is 11.6 Å². The lowest BCUT2D eigenvalue weighted by atomic mass is 9.87. The second kappa shape index (κ2) is 8.31. The number of aromatic hydroxyl groups is 1. The summed E-state index contributed by atoms with van der Waals surface area (Å²) in [4.78, 5) is 22.1. The van der Waals surface area contributed by atoms with Gasteiger partial charge in [-0.1, -0.05) is 32.9 Å². The van der Waals surface area contributed by atoms with Crippen LogP contribution in [0.5, 0.6) is 11.5 Å². The van der Waals surface area contributed by atoms with Gasteiger partial charge >= 0.3 is 0 Å². The van der Waals surface area contributed by atoms with Crippen molar-refractivity contribution in [2.75, 3.05) is 6.61 Å². The van der Waals surface area contributed by atoms with E-state index in [-0.39, 0.29) is 29.0 Å². The Hall–Kier alpha value is -3.42. The number of nitrogens with zero attached hydrogens (tertiary/aromatic N) is 2. The molecule has 2 aromatic carbocycles. The maximum atomic E-state index is 11.8. The number of phenolic OH excluding ortho intramolecular Hbond substituents is 1. The molecule has 0 aliphatic carbocycles. The number of carbonyl (C=O) groups is 1. The summed E-state index contributed by atoms with van der Waals surface area (Å²) < 4.78 is 5.39. The zero-order valence-corrected chi connectivity index (χ0v) is 15.3. The van der Waals surface area contributed by atoms with Crippen LogP contribution in [0.1, 0.15) is 31.9 Å². The Morgan fingerprint density at radius 2 is 1.93 bits per heavy atom. The predicted octanol–water partition coefficient (Wildman–Crippen LogP) is 3.13. The molecule has 0 atom stereocenters. The van der Waals surface area contributed by atoms with Gasteiger partial charge in [0.1, 0.15) is 11.5 Å². The maximum Gasteiger partial charge on any atom is 0.278 e. The second-order valence-electron chi connectivity index (χ2n) is 6.86. The molecule has 8 heteroatoms. The lowest BCUT2D eigenvalue weighted by Gasteiger charge is -2.19. The van der Waals surface area contributed by atoms with Gasteiger partial charge in [-0.25, -0.2) is 5.43 Å². The van der Waals surface area contributed by atoms with Crippen LogP contribution in [0.15, 0.2) is 47.6 Å². The van der Waals surface area contributed by atoms with E-state index in [9.17, 15) is 20.0 Å². The molecule has 0 saturated heterocycles. The normalized spacial score (nSPS) is 11.4. The zero-order chi connectivity index (χ0) is 20.0. The van der Waals surface area contributed by atoms with Gasteiger partial charge in [-0.2, -0.15) is 5.10 Å². The molecule has 2 N–H and O–H groups in total. The van der Waals surface area contributed by atoms with Crippen molar-refractivity contribution in [2.45, 2.75) is 26.2 Å². The van der Waals surface area contributed by atoms with Crippen LogP contribution in [0.25, 0.3) is 0 Å². The Morgan fingerprint density at radius 1 is 1.26 bits per heavy atom. The smallest absolute Gasteiger partial charge is 0.278 e. The van der Waals surface area contributed by atoms with E-state index in [1.54, 1.807) is 12.1 Å². The first-order valence-electron chi connectivity index (χ1n) is 8.19. The van der Waals surface area contributed by atoms with Crippen LogP contribution in [0.3, 0.4) is 0 Å². The highest BCUT2D eigenvalue weighted by Gasteiger charge is 2.14. The number of phenols is 1. The quantitative estimate of drug-likeness (QED) is 0.460. The van der Waals surface area contributed by atoms with E-state index in [0.717, 1.165) is 17.8 Å².